The molecule has 0 aliphatic rings. The maximum absolute atomic E-state index is 12.1. The van der Waals surface area contributed by atoms with Gasteiger partial charge in [0.15, 0.2) is 11.3 Å². The lowest BCUT2D eigenvalue weighted by atomic mass is 10.2. The smallest absolute Gasteiger partial charge is 0.475 e. The number of halogens is 3. The molecule has 0 unspecified atom stereocenters. The zero-order valence-electron chi connectivity index (χ0n) is 13.7. The van der Waals surface area contributed by atoms with Gasteiger partial charge in [-0.05, 0) is 24.3 Å². The summed E-state index contributed by atoms with van der Waals surface area (Å²) in [5.74, 6) is -2.99. The van der Waals surface area contributed by atoms with Gasteiger partial charge in [-0.1, -0.05) is 23.4 Å². The van der Waals surface area contributed by atoms with Crippen molar-refractivity contribution in [3.05, 3.63) is 60.0 Å². The summed E-state index contributed by atoms with van der Waals surface area (Å²) in [5.41, 5.74) is 1.88. The van der Waals surface area contributed by atoms with Gasteiger partial charge in [0.1, 0.15) is 0 Å². The van der Waals surface area contributed by atoms with Crippen LogP contribution >= 0.6 is 0 Å². The third-order valence-corrected chi connectivity index (χ3v) is 3.23. The number of rotatable bonds is 4. The minimum absolute atomic E-state index is 0.231. The van der Waals surface area contributed by atoms with Gasteiger partial charge < -0.3 is 14.9 Å². The third-order valence-electron chi connectivity index (χ3n) is 3.23. The van der Waals surface area contributed by atoms with E-state index in [0.29, 0.717) is 24.2 Å². The molecule has 0 saturated carbocycles. The topological polar surface area (TPSA) is 105 Å². The van der Waals surface area contributed by atoms with Gasteiger partial charge in [0, 0.05) is 24.9 Å². The van der Waals surface area contributed by atoms with Crippen LogP contribution in [0.25, 0.3) is 11.0 Å². The molecule has 3 aromatic rings. The third kappa shape index (κ3) is 5.80. The molecular weight excluding hydrogens is 367 g/mol. The molecule has 2 aromatic heterocycles. The van der Waals surface area contributed by atoms with Crippen LogP contribution in [0.5, 0.6) is 0 Å². The Morgan fingerprint density at radius 1 is 1.11 bits per heavy atom. The number of fused-ring (bicyclic) bond motifs is 1. The summed E-state index contributed by atoms with van der Waals surface area (Å²) in [6, 6.07) is 13.0. The van der Waals surface area contributed by atoms with Gasteiger partial charge in [-0.25, -0.2) is 4.79 Å². The predicted molar refractivity (Wildman–Crippen MR) is 88.0 cm³/mol. The molecule has 1 amide bonds. The van der Waals surface area contributed by atoms with Crippen LogP contribution in [0.4, 0.5) is 13.2 Å². The number of carbonyl (C=O) groups excluding carboxylic acids is 1. The summed E-state index contributed by atoms with van der Waals surface area (Å²) in [6.07, 6.45) is -2.66. The van der Waals surface area contributed by atoms with Gasteiger partial charge in [-0.3, -0.25) is 9.78 Å². The number of hydrogen-bond donors (Lipinski definition) is 2. The van der Waals surface area contributed by atoms with Crippen LogP contribution in [0.2, 0.25) is 0 Å². The maximum atomic E-state index is 12.1. The number of benzene rings is 1. The van der Waals surface area contributed by atoms with Gasteiger partial charge in [0.2, 0.25) is 0 Å². The number of amides is 1. The molecule has 0 saturated heterocycles. The summed E-state index contributed by atoms with van der Waals surface area (Å²) in [4.78, 5) is 25.2. The summed E-state index contributed by atoms with van der Waals surface area (Å²) >= 11 is 0. The molecule has 0 fully saturated rings. The molecule has 142 valence electrons. The highest BCUT2D eigenvalue weighted by molar-refractivity contribution is 6.03. The number of carboxylic acid groups (broad SMARTS) is 1. The van der Waals surface area contributed by atoms with Crippen molar-refractivity contribution in [2.24, 2.45) is 0 Å². The Hall–Kier alpha value is -3.43. The average Bonchev–Trinajstić information content (AvgIpc) is 3.06. The minimum Gasteiger partial charge on any atom is -0.475 e. The van der Waals surface area contributed by atoms with Gasteiger partial charge in [0.25, 0.3) is 5.91 Å². The Balaban J connectivity index is 0.000000321. The standard InChI is InChI=1S/C15H13N3O2.C2HF3O2/c19-15(17-10-8-11-5-3-4-9-16-11)14-12-6-1-2-7-13(12)20-18-14;3-2(4,5)1(6)7/h1-7,9H,8,10H2,(H,17,19);(H,6,7). The monoisotopic (exact) mass is 381 g/mol. The molecule has 10 heteroatoms. The summed E-state index contributed by atoms with van der Waals surface area (Å²) < 4.78 is 36.8. The van der Waals surface area contributed by atoms with Crippen LogP contribution in [-0.2, 0) is 11.2 Å². The van der Waals surface area contributed by atoms with Gasteiger partial charge in [-0.15, -0.1) is 0 Å². The lowest BCUT2D eigenvalue weighted by Gasteiger charge is -2.02. The van der Waals surface area contributed by atoms with Crippen molar-refractivity contribution >= 4 is 22.8 Å². The molecule has 1 aromatic carbocycles. The number of pyridine rings is 1. The molecule has 27 heavy (non-hydrogen) atoms. The first kappa shape index (κ1) is 19.9. The van der Waals surface area contributed by atoms with E-state index < -0.39 is 12.1 Å². The molecule has 0 aliphatic heterocycles. The minimum atomic E-state index is -5.08. The van der Waals surface area contributed by atoms with Crippen molar-refractivity contribution < 1.29 is 32.4 Å². The van der Waals surface area contributed by atoms with Crippen LogP contribution < -0.4 is 5.32 Å². The summed E-state index contributed by atoms with van der Waals surface area (Å²) in [7, 11) is 0. The van der Waals surface area contributed by atoms with Crippen molar-refractivity contribution in [3.63, 3.8) is 0 Å². The molecular formula is C17H14F3N3O4. The highest BCUT2D eigenvalue weighted by atomic mass is 19.4. The van der Waals surface area contributed by atoms with E-state index in [0.717, 1.165) is 11.1 Å². The first-order chi connectivity index (χ1) is 12.8. The SMILES string of the molecule is O=C(NCCc1ccccn1)c1noc2ccccc12.O=C(O)C(F)(F)F. The summed E-state index contributed by atoms with van der Waals surface area (Å²) in [6.45, 7) is 0.511. The van der Waals surface area contributed by atoms with E-state index in [-0.39, 0.29) is 5.91 Å². The maximum Gasteiger partial charge on any atom is 0.490 e. The zero-order valence-corrected chi connectivity index (χ0v) is 13.7. The van der Waals surface area contributed by atoms with E-state index in [1.165, 1.54) is 0 Å². The second-order valence-electron chi connectivity index (χ2n) is 5.16. The van der Waals surface area contributed by atoms with Crippen LogP contribution in [0.1, 0.15) is 16.2 Å². The number of carbonyl (C=O) groups is 2. The van der Waals surface area contributed by atoms with E-state index in [1.807, 2.05) is 36.4 Å². The fourth-order valence-electron chi connectivity index (χ4n) is 1.98. The van der Waals surface area contributed by atoms with Gasteiger partial charge in [0.05, 0.1) is 5.39 Å². The number of aliphatic carboxylic acids is 1. The Bertz CT molecular complexity index is 910. The number of nitrogens with one attached hydrogen (secondary N) is 1. The zero-order chi connectivity index (χ0) is 19.9. The Kier molecular flexibility index (Phi) is 6.47. The normalized spacial score (nSPS) is 10.8. The first-order valence-electron chi connectivity index (χ1n) is 7.61. The average molecular weight is 381 g/mol. The number of para-hydroxylation sites is 1. The molecule has 2 N–H and O–H groups in total. The molecule has 0 radical (unpaired) electrons. The van der Waals surface area contributed by atoms with E-state index >= 15 is 0 Å². The highest BCUT2D eigenvalue weighted by Crippen LogP contribution is 2.17. The number of alkyl halides is 3. The number of nitrogens with zero attached hydrogens (tertiary/aromatic N) is 2. The number of aromatic nitrogens is 2. The Labute approximate surface area is 150 Å². The van der Waals surface area contributed by atoms with Crippen LogP contribution in [0.3, 0.4) is 0 Å². The predicted octanol–water partition coefficient (Wildman–Crippen LogP) is 2.83. The van der Waals surface area contributed by atoms with E-state index in [2.05, 4.69) is 15.5 Å². The van der Waals surface area contributed by atoms with Crippen molar-refractivity contribution in [2.45, 2.75) is 12.6 Å². The van der Waals surface area contributed by atoms with Crippen molar-refractivity contribution in [1.82, 2.24) is 15.5 Å². The van der Waals surface area contributed by atoms with Gasteiger partial charge in [-0.2, -0.15) is 13.2 Å². The van der Waals surface area contributed by atoms with Crippen LogP contribution in [0.15, 0.2) is 53.2 Å². The van der Waals surface area contributed by atoms with Crippen molar-refractivity contribution in [1.29, 1.82) is 0 Å². The molecule has 0 spiro atoms. The fourth-order valence-corrected chi connectivity index (χ4v) is 1.98. The lowest BCUT2D eigenvalue weighted by molar-refractivity contribution is -0.192. The summed E-state index contributed by atoms with van der Waals surface area (Å²) in [5, 5.41) is 14.5. The molecule has 2 heterocycles. The Morgan fingerprint density at radius 3 is 2.41 bits per heavy atom. The highest BCUT2D eigenvalue weighted by Gasteiger charge is 2.38. The van der Waals surface area contributed by atoms with E-state index in [9.17, 15) is 18.0 Å². The Morgan fingerprint density at radius 2 is 1.78 bits per heavy atom. The van der Waals surface area contributed by atoms with Gasteiger partial charge >= 0.3 is 12.1 Å². The molecule has 0 atom stereocenters. The van der Waals surface area contributed by atoms with Crippen LogP contribution in [-0.4, -0.2) is 39.8 Å². The largest absolute Gasteiger partial charge is 0.490 e. The molecule has 0 aliphatic carbocycles. The quantitative estimate of drug-likeness (QED) is 0.720. The number of hydrogen-bond acceptors (Lipinski definition) is 5. The second kappa shape index (κ2) is 8.79. The van der Waals surface area contributed by atoms with E-state index in [4.69, 9.17) is 14.4 Å². The fraction of sp³-hybridized carbons (Fsp3) is 0.176. The van der Waals surface area contributed by atoms with Crippen molar-refractivity contribution in [3.8, 4) is 0 Å². The molecule has 0 bridgehead atoms. The first-order valence-corrected chi connectivity index (χ1v) is 7.61. The van der Waals surface area contributed by atoms with Crippen molar-refractivity contribution in [2.75, 3.05) is 6.54 Å². The molecule has 7 nitrogen and oxygen atoms in total. The second-order valence-corrected chi connectivity index (χ2v) is 5.16. The number of carboxylic acids is 1. The molecule has 3 rings (SSSR count). The van der Waals surface area contributed by atoms with Crippen LogP contribution in [0, 0.1) is 0 Å². The lowest BCUT2D eigenvalue weighted by Crippen LogP contribution is -2.26. The van der Waals surface area contributed by atoms with E-state index in [1.54, 1.807) is 12.3 Å².